The fourth-order valence-corrected chi connectivity index (χ4v) is 2.32. The molecule has 0 radical (unpaired) electrons. The van der Waals surface area contributed by atoms with Crippen LogP contribution in [0.4, 0.5) is 0 Å². The van der Waals surface area contributed by atoms with E-state index in [-0.39, 0.29) is 6.10 Å². The summed E-state index contributed by atoms with van der Waals surface area (Å²) in [7, 11) is -3.59. The van der Waals surface area contributed by atoms with Crippen molar-refractivity contribution in [3.05, 3.63) is 34.9 Å². The number of carbonyl (C=O) groups is 1. The lowest BCUT2D eigenvalue weighted by Crippen LogP contribution is -2.30. The average Bonchev–Trinajstić information content (AvgIpc) is 2.33. The fraction of sp³-hybridized carbons (Fsp3) is 0.533. The first-order valence-electron chi connectivity index (χ1n) is 6.84. The molecule has 1 aromatic rings. The van der Waals surface area contributed by atoms with Gasteiger partial charge in [0, 0.05) is 12.2 Å². The van der Waals surface area contributed by atoms with Gasteiger partial charge in [-0.05, 0) is 31.4 Å². The number of ether oxygens (including phenoxy) is 1. The van der Waals surface area contributed by atoms with E-state index in [2.05, 4.69) is 0 Å². The van der Waals surface area contributed by atoms with Crippen LogP contribution >= 0.6 is 0 Å². The van der Waals surface area contributed by atoms with Crippen LogP contribution in [-0.4, -0.2) is 27.2 Å². The highest BCUT2D eigenvalue weighted by molar-refractivity contribution is 7.89. The van der Waals surface area contributed by atoms with Gasteiger partial charge in [-0.3, -0.25) is 4.79 Å². The lowest BCUT2D eigenvalue weighted by atomic mass is 10.00. The third-order valence-corrected chi connectivity index (χ3v) is 3.41. The molecule has 1 N–H and O–H groups in total. The van der Waals surface area contributed by atoms with E-state index in [0.29, 0.717) is 23.7 Å². The van der Waals surface area contributed by atoms with Crippen LogP contribution in [0.25, 0.3) is 0 Å². The molecule has 0 fully saturated rings. The van der Waals surface area contributed by atoms with Crippen molar-refractivity contribution in [3.63, 3.8) is 0 Å². The molecule has 1 atom stereocenters. The van der Waals surface area contributed by atoms with Gasteiger partial charge in [-0.2, -0.15) is 0 Å². The minimum atomic E-state index is -3.59. The Balaban J connectivity index is 3.07. The number of amides is 1. The highest BCUT2D eigenvalue weighted by atomic mass is 32.2. The Morgan fingerprint density at radius 3 is 2.43 bits per heavy atom. The van der Waals surface area contributed by atoms with E-state index >= 15 is 0 Å². The van der Waals surface area contributed by atoms with Crippen molar-refractivity contribution in [1.82, 2.24) is 4.72 Å². The van der Waals surface area contributed by atoms with E-state index in [1.165, 1.54) is 0 Å². The first-order valence-corrected chi connectivity index (χ1v) is 8.73. The van der Waals surface area contributed by atoms with Gasteiger partial charge >= 0.3 is 0 Å². The summed E-state index contributed by atoms with van der Waals surface area (Å²) in [5.41, 5.74) is 1.90. The van der Waals surface area contributed by atoms with Gasteiger partial charge in [0.1, 0.15) is 0 Å². The van der Waals surface area contributed by atoms with Crippen LogP contribution in [0, 0.1) is 12.8 Å². The van der Waals surface area contributed by atoms with Crippen LogP contribution in [0.2, 0.25) is 0 Å². The molecule has 118 valence electrons. The molecule has 0 aliphatic rings. The van der Waals surface area contributed by atoms with E-state index in [0.717, 1.165) is 11.8 Å². The van der Waals surface area contributed by atoms with Crippen LogP contribution in [-0.2, 0) is 14.8 Å². The standard InChI is InChI=1S/C15H23NO4S/c1-10(2)9-20-12(4)13-7-6-11(3)8-14(13)15(17)16-21(5,18)19/h6-8,10,12H,9H2,1-5H3,(H,16,17)/t12-/m1/s1. The van der Waals surface area contributed by atoms with Gasteiger partial charge in [0.15, 0.2) is 0 Å². The molecule has 0 heterocycles. The number of hydrogen-bond acceptors (Lipinski definition) is 4. The molecule has 1 amide bonds. The maximum Gasteiger partial charge on any atom is 0.265 e. The van der Waals surface area contributed by atoms with Gasteiger partial charge in [-0.1, -0.05) is 31.5 Å². The Morgan fingerprint density at radius 2 is 1.90 bits per heavy atom. The summed E-state index contributed by atoms with van der Waals surface area (Å²) >= 11 is 0. The Kier molecular flexibility index (Phi) is 5.92. The van der Waals surface area contributed by atoms with Crippen LogP contribution in [0.3, 0.4) is 0 Å². The molecule has 1 aromatic carbocycles. The minimum Gasteiger partial charge on any atom is -0.374 e. The van der Waals surface area contributed by atoms with Gasteiger partial charge in [-0.25, -0.2) is 13.1 Å². The lowest BCUT2D eigenvalue weighted by molar-refractivity contribution is 0.0462. The SMILES string of the molecule is Cc1ccc([C@@H](C)OCC(C)C)c(C(=O)NS(C)(=O)=O)c1. The normalized spacial score (nSPS) is 13.2. The molecule has 0 unspecified atom stereocenters. The Bertz CT molecular complexity index is 608. The smallest absolute Gasteiger partial charge is 0.265 e. The van der Waals surface area contributed by atoms with Gasteiger partial charge in [-0.15, -0.1) is 0 Å². The minimum absolute atomic E-state index is 0.284. The number of aryl methyl sites for hydroxylation is 1. The Labute approximate surface area is 126 Å². The van der Waals surface area contributed by atoms with Gasteiger partial charge in [0.25, 0.3) is 5.91 Å². The largest absolute Gasteiger partial charge is 0.374 e. The van der Waals surface area contributed by atoms with Crippen molar-refractivity contribution in [2.45, 2.75) is 33.8 Å². The predicted octanol–water partition coefficient (Wildman–Crippen LogP) is 2.42. The van der Waals surface area contributed by atoms with Crippen molar-refractivity contribution >= 4 is 15.9 Å². The molecular formula is C15H23NO4S. The molecule has 6 heteroatoms. The summed E-state index contributed by atoms with van der Waals surface area (Å²) in [6.45, 7) is 8.35. The van der Waals surface area contributed by atoms with Crippen molar-refractivity contribution in [3.8, 4) is 0 Å². The van der Waals surface area contributed by atoms with Crippen LogP contribution in [0.1, 0.15) is 48.4 Å². The van der Waals surface area contributed by atoms with Crippen LogP contribution in [0.5, 0.6) is 0 Å². The number of rotatable bonds is 6. The molecule has 0 aliphatic heterocycles. The number of nitrogens with one attached hydrogen (secondary N) is 1. The molecule has 0 saturated heterocycles. The highest BCUT2D eigenvalue weighted by Gasteiger charge is 2.19. The molecular weight excluding hydrogens is 290 g/mol. The molecule has 0 bridgehead atoms. The summed E-state index contributed by atoms with van der Waals surface area (Å²) < 4.78 is 30.2. The summed E-state index contributed by atoms with van der Waals surface area (Å²) in [4.78, 5) is 12.1. The van der Waals surface area contributed by atoms with Gasteiger partial charge in [0.05, 0.1) is 12.4 Å². The Morgan fingerprint density at radius 1 is 1.29 bits per heavy atom. The molecule has 1 rings (SSSR count). The van der Waals surface area contributed by atoms with Crippen LogP contribution < -0.4 is 4.72 Å². The maximum absolute atomic E-state index is 12.1. The zero-order valence-corrected chi connectivity index (χ0v) is 14.0. The van der Waals surface area contributed by atoms with Crippen LogP contribution in [0.15, 0.2) is 18.2 Å². The lowest BCUT2D eigenvalue weighted by Gasteiger charge is -2.18. The number of hydrogen-bond donors (Lipinski definition) is 1. The maximum atomic E-state index is 12.1. The number of carbonyl (C=O) groups excluding carboxylic acids is 1. The summed E-state index contributed by atoms with van der Waals surface area (Å²) in [5, 5.41) is 0. The third-order valence-electron chi connectivity index (χ3n) is 2.85. The van der Waals surface area contributed by atoms with E-state index in [4.69, 9.17) is 4.74 Å². The summed E-state index contributed by atoms with van der Waals surface area (Å²) in [5.74, 6) is -0.248. The zero-order chi connectivity index (χ0) is 16.2. The van der Waals surface area contributed by atoms with Gasteiger partial charge in [0.2, 0.25) is 10.0 Å². The predicted molar refractivity (Wildman–Crippen MR) is 82.7 cm³/mol. The second-order valence-corrected chi connectivity index (χ2v) is 7.41. The summed E-state index contributed by atoms with van der Waals surface area (Å²) in [6, 6.07) is 5.35. The molecule has 0 saturated carbocycles. The monoisotopic (exact) mass is 313 g/mol. The van der Waals surface area contributed by atoms with Crippen molar-refractivity contribution in [1.29, 1.82) is 0 Å². The van der Waals surface area contributed by atoms with Crippen molar-refractivity contribution in [2.24, 2.45) is 5.92 Å². The second-order valence-electron chi connectivity index (χ2n) is 5.66. The van der Waals surface area contributed by atoms with Crippen molar-refractivity contribution in [2.75, 3.05) is 12.9 Å². The molecule has 5 nitrogen and oxygen atoms in total. The third kappa shape index (κ3) is 5.85. The first kappa shape index (κ1) is 17.7. The summed E-state index contributed by atoms with van der Waals surface area (Å²) in [6.07, 6.45) is 0.673. The molecule has 0 spiro atoms. The average molecular weight is 313 g/mol. The van der Waals surface area contributed by atoms with E-state index in [9.17, 15) is 13.2 Å². The Hall–Kier alpha value is -1.40. The topological polar surface area (TPSA) is 72.5 Å². The highest BCUT2D eigenvalue weighted by Crippen LogP contribution is 2.23. The second kappa shape index (κ2) is 7.04. The van der Waals surface area contributed by atoms with Gasteiger partial charge < -0.3 is 4.74 Å². The zero-order valence-electron chi connectivity index (χ0n) is 13.1. The quantitative estimate of drug-likeness (QED) is 0.875. The van der Waals surface area contributed by atoms with E-state index in [1.807, 2.05) is 38.5 Å². The van der Waals surface area contributed by atoms with E-state index < -0.39 is 15.9 Å². The number of benzene rings is 1. The number of sulfonamides is 1. The molecule has 21 heavy (non-hydrogen) atoms. The van der Waals surface area contributed by atoms with E-state index in [1.54, 1.807) is 12.1 Å². The fourth-order valence-electron chi connectivity index (χ4n) is 1.87. The van der Waals surface area contributed by atoms with Crippen molar-refractivity contribution < 1.29 is 17.9 Å². The first-order chi connectivity index (χ1) is 9.60. The molecule has 0 aliphatic carbocycles. The molecule has 0 aromatic heterocycles.